The molecular formula is C16H25N5. The first-order valence-corrected chi connectivity index (χ1v) is 8.08. The lowest BCUT2D eigenvalue weighted by atomic mass is 10.2. The minimum absolute atomic E-state index is 0.443. The molecule has 1 aliphatic rings. The van der Waals surface area contributed by atoms with Crippen LogP contribution in [0.5, 0.6) is 0 Å². The molecule has 0 aliphatic heterocycles. The molecule has 3 rings (SSSR count). The Balaban J connectivity index is 1.61. The van der Waals surface area contributed by atoms with E-state index in [1.54, 1.807) is 0 Å². The van der Waals surface area contributed by atoms with Gasteiger partial charge in [-0.05, 0) is 32.3 Å². The van der Waals surface area contributed by atoms with Crippen LogP contribution in [-0.4, -0.2) is 19.6 Å². The van der Waals surface area contributed by atoms with Gasteiger partial charge in [0.25, 0.3) is 0 Å². The number of hydrogen-bond donors (Lipinski definition) is 1. The third-order valence-electron chi connectivity index (χ3n) is 4.53. The highest BCUT2D eigenvalue weighted by Crippen LogP contribution is 2.29. The largest absolute Gasteiger partial charge is 0.377 e. The molecule has 21 heavy (non-hydrogen) atoms. The molecule has 2 aromatic rings. The molecule has 0 saturated heterocycles. The molecule has 1 fully saturated rings. The van der Waals surface area contributed by atoms with Gasteiger partial charge in [0.2, 0.25) is 0 Å². The summed E-state index contributed by atoms with van der Waals surface area (Å²) in [4.78, 5) is 0. The first-order valence-electron chi connectivity index (χ1n) is 8.08. The van der Waals surface area contributed by atoms with Crippen molar-refractivity contribution in [1.29, 1.82) is 0 Å². The van der Waals surface area contributed by atoms with E-state index in [0.29, 0.717) is 12.1 Å². The number of aromatic nitrogens is 4. The number of hydrogen-bond acceptors (Lipinski definition) is 3. The molecule has 0 unspecified atom stereocenters. The average molecular weight is 287 g/mol. The number of nitrogens with zero attached hydrogens (tertiary/aromatic N) is 4. The number of rotatable bonds is 6. The SMILES string of the molecule is CC[C@@H](C)n1nccc1CNc1cnn(C2CCCC2)c1. The van der Waals surface area contributed by atoms with Crippen LogP contribution in [0.25, 0.3) is 0 Å². The molecular weight excluding hydrogens is 262 g/mol. The molecule has 5 heteroatoms. The van der Waals surface area contributed by atoms with Gasteiger partial charge in [0.05, 0.1) is 30.2 Å². The fraction of sp³-hybridized carbons (Fsp3) is 0.625. The quantitative estimate of drug-likeness (QED) is 0.879. The smallest absolute Gasteiger partial charge is 0.0729 e. The van der Waals surface area contributed by atoms with Crippen molar-refractivity contribution in [2.45, 2.75) is 64.6 Å². The second kappa shape index (κ2) is 6.33. The molecule has 2 aromatic heterocycles. The van der Waals surface area contributed by atoms with Gasteiger partial charge in [-0.3, -0.25) is 9.36 Å². The number of anilines is 1. The summed E-state index contributed by atoms with van der Waals surface area (Å²) < 4.78 is 4.23. The Kier molecular flexibility index (Phi) is 4.27. The van der Waals surface area contributed by atoms with Crippen LogP contribution in [0.1, 0.15) is 63.7 Å². The van der Waals surface area contributed by atoms with Gasteiger partial charge in [0.1, 0.15) is 0 Å². The van der Waals surface area contributed by atoms with E-state index in [-0.39, 0.29) is 0 Å². The summed E-state index contributed by atoms with van der Waals surface area (Å²) in [6, 6.07) is 3.13. The average Bonchev–Trinajstić information content (AvgIpc) is 3.23. The van der Waals surface area contributed by atoms with Crippen molar-refractivity contribution in [3.05, 3.63) is 30.4 Å². The Morgan fingerprint density at radius 2 is 2.14 bits per heavy atom. The van der Waals surface area contributed by atoms with E-state index < -0.39 is 0 Å². The predicted octanol–water partition coefficient (Wildman–Crippen LogP) is 3.78. The molecule has 0 amide bonds. The predicted molar refractivity (Wildman–Crippen MR) is 84.3 cm³/mol. The van der Waals surface area contributed by atoms with Crippen LogP contribution in [0, 0.1) is 0 Å². The fourth-order valence-electron chi connectivity index (χ4n) is 3.04. The van der Waals surface area contributed by atoms with E-state index in [1.807, 2.05) is 12.4 Å². The highest BCUT2D eigenvalue weighted by molar-refractivity contribution is 5.38. The van der Waals surface area contributed by atoms with Gasteiger partial charge in [0.15, 0.2) is 0 Å². The Hall–Kier alpha value is -1.78. The Bertz CT molecular complexity index is 565. The van der Waals surface area contributed by atoms with Crippen LogP contribution in [0.15, 0.2) is 24.7 Å². The zero-order valence-corrected chi connectivity index (χ0v) is 13.0. The lowest BCUT2D eigenvalue weighted by Crippen LogP contribution is -2.12. The molecule has 2 heterocycles. The Labute approximate surface area is 126 Å². The standard InChI is InChI=1S/C16H25N5/c1-3-13(2)21-16(8-9-18-21)11-17-14-10-19-20(12-14)15-6-4-5-7-15/h8-10,12-13,15,17H,3-7,11H2,1-2H3/t13-/m1/s1. The van der Waals surface area contributed by atoms with E-state index in [1.165, 1.54) is 31.4 Å². The van der Waals surface area contributed by atoms with Gasteiger partial charge in [-0.15, -0.1) is 0 Å². The van der Waals surface area contributed by atoms with E-state index in [0.717, 1.165) is 18.7 Å². The second-order valence-corrected chi connectivity index (χ2v) is 6.03. The fourth-order valence-corrected chi connectivity index (χ4v) is 3.04. The summed E-state index contributed by atoms with van der Waals surface area (Å²) in [5, 5.41) is 12.4. The van der Waals surface area contributed by atoms with Gasteiger partial charge < -0.3 is 5.32 Å². The first-order chi connectivity index (χ1) is 10.3. The van der Waals surface area contributed by atoms with E-state index >= 15 is 0 Å². The summed E-state index contributed by atoms with van der Waals surface area (Å²) in [6.07, 6.45) is 12.2. The molecule has 0 bridgehead atoms. The van der Waals surface area contributed by atoms with E-state index in [2.05, 4.69) is 51.0 Å². The summed E-state index contributed by atoms with van der Waals surface area (Å²) in [6.45, 7) is 5.19. The van der Waals surface area contributed by atoms with Crippen molar-refractivity contribution in [2.24, 2.45) is 0 Å². The van der Waals surface area contributed by atoms with E-state index in [9.17, 15) is 0 Å². The van der Waals surface area contributed by atoms with Crippen molar-refractivity contribution in [3.63, 3.8) is 0 Å². The van der Waals surface area contributed by atoms with Crippen molar-refractivity contribution in [2.75, 3.05) is 5.32 Å². The van der Waals surface area contributed by atoms with Crippen molar-refractivity contribution < 1.29 is 0 Å². The highest BCUT2D eigenvalue weighted by atomic mass is 15.3. The highest BCUT2D eigenvalue weighted by Gasteiger charge is 2.17. The van der Waals surface area contributed by atoms with Crippen molar-refractivity contribution in [3.8, 4) is 0 Å². The molecule has 1 aliphatic carbocycles. The monoisotopic (exact) mass is 287 g/mol. The second-order valence-electron chi connectivity index (χ2n) is 6.03. The maximum absolute atomic E-state index is 4.50. The van der Waals surface area contributed by atoms with Crippen molar-refractivity contribution in [1.82, 2.24) is 19.6 Å². The molecule has 1 saturated carbocycles. The summed E-state index contributed by atoms with van der Waals surface area (Å²) >= 11 is 0. The van der Waals surface area contributed by atoms with Gasteiger partial charge in [-0.2, -0.15) is 10.2 Å². The van der Waals surface area contributed by atoms with Gasteiger partial charge in [-0.25, -0.2) is 0 Å². The third-order valence-corrected chi connectivity index (χ3v) is 4.53. The normalized spacial score (nSPS) is 17.2. The molecule has 0 radical (unpaired) electrons. The minimum atomic E-state index is 0.443. The third kappa shape index (κ3) is 3.12. The van der Waals surface area contributed by atoms with Crippen LogP contribution in [0.3, 0.4) is 0 Å². The lowest BCUT2D eigenvalue weighted by Gasteiger charge is -2.14. The lowest BCUT2D eigenvalue weighted by molar-refractivity contribution is 0.462. The zero-order valence-electron chi connectivity index (χ0n) is 13.0. The Morgan fingerprint density at radius 3 is 2.90 bits per heavy atom. The minimum Gasteiger partial charge on any atom is -0.377 e. The molecule has 0 aromatic carbocycles. The molecule has 1 N–H and O–H groups in total. The van der Waals surface area contributed by atoms with Gasteiger partial charge in [0, 0.05) is 18.4 Å². The van der Waals surface area contributed by atoms with Crippen LogP contribution in [0.2, 0.25) is 0 Å². The number of nitrogens with one attached hydrogen (secondary N) is 1. The van der Waals surface area contributed by atoms with Crippen LogP contribution >= 0.6 is 0 Å². The molecule has 114 valence electrons. The molecule has 5 nitrogen and oxygen atoms in total. The molecule has 1 atom stereocenters. The summed E-state index contributed by atoms with van der Waals surface area (Å²) in [7, 11) is 0. The Morgan fingerprint density at radius 1 is 1.33 bits per heavy atom. The van der Waals surface area contributed by atoms with Crippen molar-refractivity contribution >= 4 is 5.69 Å². The topological polar surface area (TPSA) is 47.7 Å². The zero-order chi connectivity index (χ0) is 14.7. The molecule has 0 spiro atoms. The maximum Gasteiger partial charge on any atom is 0.0729 e. The summed E-state index contributed by atoms with van der Waals surface area (Å²) in [5.74, 6) is 0. The van der Waals surface area contributed by atoms with Crippen LogP contribution < -0.4 is 5.32 Å². The van der Waals surface area contributed by atoms with Gasteiger partial charge in [-0.1, -0.05) is 19.8 Å². The van der Waals surface area contributed by atoms with Crippen LogP contribution in [-0.2, 0) is 6.54 Å². The van der Waals surface area contributed by atoms with E-state index in [4.69, 9.17) is 0 Å². The summed E-state index contributed by atoms with van der Waals surface area (Å²) in [5.41, 5.74) is 2.32. The maximum atomic E-state index is 4.50. The van der Waals surface area contributed by atoms with Crippen LogP contribution in [0.4, 0.5) is 5.69 Å². The first kappa shape index (κ1) is 14.2. The van der Waals surface area contributed by atoms with Gasteiger partial charge >= 0.3 is 0 Å².